The number of methoxy groups -OCH3 is 1. The fourth-order valence-electron chi connectivity index (χ4n) is 3.46. The van der Waals surface area contributed by atoms with Gasteiger partial charge in [0.2, 0.25) is 0 Å². The number of rotatable bonds is 7. The summed E-state index contributed by atoms with van der Waals surface area (Å²) in [6.45, 7) is 2.74. The van der Waals surface area contributed by atoms with Crippen molar-refractivity contribution < 1.29 is 19.1 Å². The average Bonchev–Trinajstić information content (AvgIpc) is 3.08. The van der Waals surface area contributed by atoms with Crippen molar-refractivity contribution in [1.82, 2.24) is 19.9 Å². The first kappa shape index (κ1) is 21.3. The average molecular weight is 433 g/mol. The van der Waals surface area contributed by atoms with Gasteiger partial charge in [0.1, 0.15) is 16.9 Å². The third-order valence-corrected chi connectivity index (χ3v) is 4.95. The van der Waals surface area contributed by atoms with Gasteiger partial charge in [-0.3, -0.25) is 9.36 Å². The molecular weight excluding hydrogens is 410 g/mol. The van der Waals surface area contributed by atoms with E-state index in [1.807, 2.05) is 24.3 Å². The van der Waals surface area contributed by atoms with Gasteiger partial charge in [-0.25, -0.2) is 14.8 Å². The molecule has 3 N–H and O–H groups in total. The van der Waals surface area contributed by atoms with Crippen LogP contribution in [0, 0.1) is 0 Å². The SMILES string of the molecule is CCOC(=O)c1ccc(-n2c(N)c(C(=O)NCCOC)c3nc4ccccc4nc32)cc1. The molecule has 0 saturated carbocycles. The number of aromatic nitrogens is 3. The van der Waals surface area contributed by atoms with Crippen molar-refractivity contribution in [2.24, 2.45) is 0 Å². The van der Waals surface area contributed by atoms with Crippen LogP contribution < -0.4 is 11.1 Å². The van der Waals surface area contributed by atoms with Crippen molar-refractivity contribution in [3.63, 3.8) is 0 Å². The first-order valence-corrected chi connectivity index (χ1v) is 10.2. The summed E-state index contributed by atoms with van der Waals surface area (Å²) in [7, 11) is 1.56. The first-order chi connectivity index (χ1) is 15.5. The maximum Gasteiger partial charge on any atom is 0.338 e. The van der Waals surface area contributed by atoms with E-state index in [1.54, 1.807) is 42.9 Å². The number of nitrogens with zero attached hydrogens (tertiary/aromatic N) is 3. The van der Waals surface area contributed by atoms with E-state index < -0.39 is 5.97 Å². The standard InChI is InChI=1S/C23H23N5O4/c1-3-32-23(30)14-8-10-15(11-9-14)28-20(24)18(22(29)25-12-13-31-2)19-21(28)27-17-7-5-4-6-16(17)26-19/h4-11H,3,12-13,24H2,1-2H3,(H,25,29). The number of nitrogen functional groups attached to an aromatic ring is 1. The molecular formula is C23H23N5O4. The smallest absolute Gasteiger partial charge is 0.338 e. The second-order valence-corrected chi connectivity index (χ2v) is 7.00. The van der Waals surface area contributed by atoms with Crippen LogP contribution in [0.1, 0.15) is 27.6 Å². The quantitative estimate of drug-likeness (QED) is 0.339. The van der Waals surface area contributed by atoms with E-state index in [0.29, 0.717) is 53.2 Å². The Bertz CT molecular complexity index is 1300. The van der Waals surface area contributed by atoms with Gasteiger partial charge in [0.05, 0.1) is 29.8 Å². The predicted octanol–water partition coefficient (Wildman–Crippen LogP) is 2.71. The number of benzene rings is 2. The number of hydrogen-bond donors (Lipinski definition) is 2. The molecule has 0 bridgehead atoms. The molecule has 0 radical (unpaired) electrons. The van der Waals surface area contributed by atoms with Gasteiger partial charge >= 0.3 is 5.97 Å². The third-order valence-electron chi connectivity index (χ3n) is 4.95. The Morgan fingerprint density at radius 3 is 2.41 bits per heavy atom. The summed E-state index contributed by atoms with van der Waals surface area (Å²) in [5.74, 6) is -0.571. The number of para-hydroxylation sites is 2. The molecule has 0 aliphatic rings. The van der Waals surface area contributed by atoms with Crippen molar-refractivity contribution in [3.8, 4) is 5.69 Å². The molecule has 0 fully saturated rings. The fourth-order valence-corrected chi connectivity index (χ4v) is 3.46. The van der Waals surface area contributed by atoms with E-state index in [4.69, 9.17) is 20.2 Å². The fraction of sp³-hybridized carbons (Fsp3) is 0.217. The number of carbonyl (C=O) groups excluding carboxylic acids is 2. The lowest BCUT2D eigenvalue weighted by atomic mass is 10.2. The second-order valence-electron chi connectivity index (χ2n) is 7.00. The van der Waals surface area contributed by atoms with Crippen LogP contribution in [0.25, 0.3) is 27.9 Å². The topological polar surface area (TPSA) is 121 Å². The normalized spacial score (nSPS) is 11.1. The van der Waals surface area contributed by atoms with Gasteiger partial charge < -0.3 is 20.5 Å². The zero-order valence-corrected chi connectivity index (χ0v) is 17.8. The van der Waals surface area contributed by atoms with E-state index in [1.165, 1.54) is 0 Å². The van der Waals surface area contributed by atoms with Crippen LogP contribution in [0.5, 0.6) is 0 Å². The predicted molar refractivity (Wildman–Crippen MR) is 121 cm³/mol. The number of anilines is 1. The number of ether oxygens (including phenoxy) is 2. The molecule has 2 aromatic heterocycles. The van der Waals surface area contributed by atoms with E-state index >= 15 is 0 Å². The van der Waals surface area contributed by atoms with Gasteiger partial charge in [0.15, 0.2) is 5.65 Å². The molecule has 9 heteroatoms. The molecule has 2 heterocycles. The van der Waals surface area contributed by atoms with Gasteiger partial charge in [-0.2, -0.15) is 0 Å². The largest absolute Gasteiger partial charge is 0.462 e. The van der Waals surface area contributed by atoms with E-state index in [-0.39, 0.29) is 17.3 Å². The van der Waals surface area contributed by atoms with Crippen molar-refractivity contribution in [3.05, 3.63) is 59.7 Å². The minimum atomic E-state index is -0.409. The van der Waals surface area contributed by atoms with Crippen LogP contribution in [0.15, 0.2) is 48.5 Å². The molecule has 2 aromatic carbocycles. The maximum absolute atomic E-state index is 13.0. The van der Waals surface area contributed by atoms with E-state index in [2.05, 4.69) is 10.3 Å². The summed E-state index contributed by atoms with van der Waals surface area (Å²) < 4.78 is 11.7. The summed E-state index contributed by atoms with van der Waals surface area (Å²) >= 11 is 0. The third kappa shape index (κ3) is 3.85. The van der Waals surface area contributed by atoms with Gasteiger partial charge in [0, 0.05) is 19.3 Å². The highest BCUT2D eigenvalue weighted by molar-refractivity contribution is 6.11. The van der Waals surface area contributed by atoms with Gasteiger partial charge in [-0.15, -0.1) is 0 Å². The van der Waals surface area contributed by atoms with Crippen LogP contribution >= 0.6 is 0 Å². The van der Waals surface area contributed by atoms with E-state index in [0.717, 1.165) is 0 Å². The molecule has 164 valence electrons. The van der Waals surface area contributed by atoms with Crippen molar-refractivity contribution in [2.45, 2.75) is 6.92 Å². The molecule has 0 spiro atoms. The molecule has 4 rings (SSSR count). The zero-order chi connectivity index (χ0) is 22.7. The van der Waals surface area contributed by atoms with Gasteiger partial charge in [-0.1, -0.05) is 12.1 Å². The summed E-state index contributed by atoms with van der Waals surface area (Å²) in [6.07, 6.45) is 0. The van der Waals surface area contributed by atoms with Crippen LogP contribution in [0.4, 0.5) is 5.82 Å². The summed E-state index contributed by atoms with van der Waals surface area (Å²) in [5, 5.41) is 2.80. The van der Waals surface area contributed by atoms with Crippen molar-refractivity contribution >= 4 is 39.9 Å². The molecule has 0 aliphatic carbocycles. The molecule has 0 aliphatic heterocycles. The van der Waals surface area contributed by atoms with Crippen LogP contribution in [0.2, 0.25) is 0 Å². The first-order valence-electron chi connectivity index (χ1n) is 10.2. The lowest BCUT2D eigenvalue weighted by Crippen LogP contribution is -2.27. The maximum atomic E-state index is 13.0. The highest BCUT2D eigenvalue weighted by Gasteiger charge is 2.24. The van der Waals surface area contributed by atoms with Crippen LogP contribution in [-0.2, 0) is 9.47 Å². The summed E-state index contributed by atoms with van der Waals surface area (Å²) in [5.41, 5.74) is 9.92. The Morgan fingerprint density at radius 2 is 1.75 bits per heavy atom. The minimum Gasteiger partial charge on any atom is -0.462 e. The molecule has 0 atom stereocenters. The Labute approximate surface area is 184 Å². The Morgan fingerprint density at radius 1 is 1.06 bits per heavy atom. The van der Waals surface area contributed by atoms with E-state index in [9.17, 15) is 9.59 Å². The molecule has 32 heavy (non-hydrogen) atoms. The molecule has 0 unspecified atom stereocenters. The number of esters is 1. The number of nitrogens with one attached hydrogen (secondary N) is 1. The summed E-state index contributed by atoms with van der Waals surface area (Å²) in [4.78, 5) is 34.4. The zero-order valence-electron chi connectivity index (χ0n) is 17.8. The second kappa shape index (κ2) is 9.03. The van der Waals surface area contributed by atoms with Crippen LogP contribution in [0.3, 0.4) is 0 Å². The number of carbonyl (C=O) groups is 2. The Hall–Kier alpha value is -3.98. The van der Waals surface area contributed by atoms with Gasteiger partial charge in [-0.05, 0) is 43.3 Å². The number of hydrogen-bond acceptors (Lipinski definition) is 7. The molecule has 0 saturated heterocycles. The number of amides is 1. The highest BCUT2D eigenvalue weighted by Crippen LogP contribution is 2.31. The lowest BCUT2D eigenvalue weighted by Gasteiger charge is -2.09. The molecule has 9 nitrogen and oxygen atoms in total. The Balaban J connectivity index is 1.88. The molecule has 4 aromatic rings. The monoisotopic (exact) mass is 433 g/mol. The minimum absolute atomic E-state index is 0.203. The Kier molecular flexibility index (Phi) is 6.00. The van der Waals surface area contributed by atoms with Gasteiger partial charge in [0.25, 0.3) is 5.91 Å². The summed E-state index contributed by atoms with van der Waals surface area (Å²) in [6, 6.07) is 14.1. The van der Waals surface area contributed by atoms with Crippen molar-refractivity contribution in [1.29, 1.82) is 0 Å². The molecule has 1 amide bonds. The number of nitrogens with two attached hydrogens (primary N) is 1. The lowest BCUT2D eigenvalue weighted by molar-refractivity contribution is 0.0526. The highest BCUT2D eigenvalue weighted by atomic mass is 16.5. The van der Waals surface area contributed by atoms with Crippen molar-refractivity contribution in [2.75, 3.05) is 32.6 Å². The number of fused-ring (bicyclic) bond motifs is 2. The van der Waals surface area contributed by atoms with Crippen LogP contribution in [-0.4, -0.2) is 53.3 Å².